The summed E-state index contributed by atoms with van der Waals surface area (Å²) in [6, 6.07) is 6.36. The van der Waals surface area contributed by atoms with Gasteiger partial charge in [0.15, 0.2) is 5.69 Å². The molecule has 1 aromatic heterocycles. The minimum Gasteiger partial charge on any atom is -0.480 e. The topological polar surface area (TPSA) is 58.6 Å². The molecule has 1 aliphatic heterocycles. The molecule has 1 aliphatic rings. The molecule has 3 rings (SSSR count). The smallest absolute Gasteiger partial charge is 0.274 e. The van der Waals surface area contributed by atoms with Gasteiger partial charge in [0.1, 0.15) is 0 Å². The number of hydrogen-bond donors (Lipinski definition) is 0. The Labute approximate surface area is 142 Å². The molecule has 0 spiro atoms. The van der Waals surface area contributed by atoms with Gasteiger partial charge in [-0.3, -0.25) is 9.78 Å². The molecule has 1 aromatic carbocycles. The Morgan fingerprint density at radius 1 is 1.12 bits per heavy atom. The summed E-state index contributed by atoms with van der Waals surface area (Å²) in [4.78, 5) is 24.9. The molecule has 6 nitrogen and oxygen atoms in total. The molecule has 2 heterocycles. The largest absolute Gasteiger partial charge is 0.480 e. The number of nitrogens with zero attached hydrogens (tertiary/aromatic N) is 4. The average Bonchev–Trinajstić information content (AvgIpc) is 2.63. The quantitative estimate of drug-likeness (QED) is 0.864. The molecule has 6 heteroatoms. The molecule has 24 heavy (non-hydrogen) atoms. The van der Waals surface area contributed by atoms with Gasteiger partial charge >= 0.3 is 0 Å². The summed E-state index contributed by atoms with van der Waals surface area (Å²) in [7, 11) is 1.52. The van der Waals surface area contributed by atoms with Crippen LogP contribution in [0.1, 0.15) is 21.6 Å². The maximum atomic E-state index is 12.6. The second-order valence-corrected chi connectivity index (χ2v) is 5.94. The molecule has 1 fully saturated rings. The second kappa shape index (κ2) is 6.86. The monoisotopic (exact) mass is 326 g/mol. The summed E-state index contributed by atoms with van der Waals surface area (Å²) in [6.07, 6.45) is 2.98. The molecule has 1 saturated heterocycles. The lowest BCUT2D eigenvalue weighted by Gasteiger charge is -2.36. The van der Waals surface area contributed by atoms with Crippen LogP contribution in [0.2, 0.25) is 0 Å². The van der Waals surface area contributed by atoms with Crippen molar-refractivity contribution < 1.29 is 9.53 Å². The molecule has 1 amide bonds. The molecule has 0 aliphatic carbocycles. The molecule has 0 bridgehead atoms. The van der Waals surface area contributed by atoms with Gasteiger partial charge in [-0.1, -0.05) is 12.1 Å². The highest BCUT2D eigenvalue weighted by molar-refractivity contribution is 5.92. The van der Waals surface area contributed by atoms with E-state index in [1.54, 1.807) is 0 Å². The zero-order chi connectivity index (χ0) is 17.1. The van der Waals surface area contributed by atoms with Crippen LogP contribution in [-0.4, -0.2) is 54.1 Å². The molecule has 0 atom stereocenters. The predicted octanol–water partition coefficient (Wildman–Crippen LogP) is 2.06. The maximum Gasteiger partial charge on any atom is 0.274 e. The number of rotatable bonds is 3. The van der Waals surface area contributed by atoms with Gasteiger partial charge in [-0.05, 0) is 31.0 Å². The van der Waals surface area contributed by atoms with Crippen LogP contribution in [0.15, 0.2) is 30.6 Å². The van der Waals surface area contributed by atoms with Crippen molar-refractivity contribution in [3.63, 3.8) is 0 Å². The number of carbonyl (C=O) groups excluding carboxylic acids is 1. The van der Waals surface area contributed by atoms with E-state index in [1.807, 2.05) is 4.90 Å². The van der Waals surface area contributed by atoms with Crippen molar-refractivity contribution in [3.8, 4) is 5.88 Å². The van der Waals surface area contributed by atoms with Crippen LogP contribution < -0.4 is 9.64 Å². The number of carbonyl (C=O) groups is 1. The Morgan fingerprint density at radius 2 is 1.88 bits per heavy atom. The summed E-state index contributed by atoms with van der Waals surface area (Å²) in [5.41, 5.74) is 4.17. The van der Waals surface area contributed by atoms with Crippen LogP contribution in [0.25, 0.3) is 0 Å². The zero-order valence-corrected chi connectivity index (χ0v) is 14.3. The molecule has 0 N–H and O–H groups in total. The summed E-state index contributed by atoms with van der Waals surface area (Å²) in [5, 5.41) is 0. The van der Waals surface area contributed by atoms with E-state index >= 15 is 0 Å². The fourth-order valence-electron chi connectivity index (χ4n) is 2.94. The van der Waals surface area contributed by atoms with E-state index < -0.39 is 0 Å². The number of aromatic nitrogens is 2. The van der Waals surface area contributed by atoms with Crippen molar-refractivity contribution >= 4 is 11.6 Å². The van der Waals surface area contributed by atoms with E-state index in [1.165, 1.54) is 36.3 Å². The number of anilines is 1. The number of piperazine rings is 1. The van der Waals surface area contributed by atoms with E-state index in [-0.39, 0.29) is 5.91 Å². The zero-order valence-electron chi connectivity index (χ0n) is 14.3. The summed E-state index contributed by atoms with van der Waals surface area (Å²) in [5.74, 6) is 0.261. The lowest BCUT2D eigenvalue weighted by atomic mass is 10.1. The van der Waals surface area contributed by atoms with Crippen LogP contribution >= 0.6 is 0 Å². The Morgan fingerprint density at radius 3 is 2.58 bits per heavy atom. The minimum absolute atomic E-state index is 0.0954. The average molecular weight is 326 g/mol. The van der Waals surface area contributed by atoms with E-state index in [0.717, 1.165) is 13.1 Å². The highest BCUT2D eigenvalue weighted by Gasteiger charge is 2.24. The Hall–Kier alpha value is -2.63. The minimum atomic E-state index is -0.0954. The number of methoxy groups -OCH3 is 1. The molecule has 126 valence electrons. The van der Waals surface area contributed by atoms with Gasteiger partial charge in [0.05, 0.1) is 19.5 Å². The van der Waals surface area contributed by atoms with E-state index in [0.29, 0.717) is 24.7 Å². The first-order chi connectivity index (χ1) is 11.6. The van der Waals surface area contributed by atoms with Gasteiger partial charge in [0.25, 0.3) is 5.91 Å². The first-order valence-electron chi connectivity index (χ1n) is 8.06. The lowest BCUT2D eigenvalue weighted by Crippen LogP contribution is -2.49. The molecule has 0 unspecified atom stereocenters. The van der Waals surface area contributed by atoms with Gasteiger partial charge in [-0.2, -0.15) is 0 Å². The number of benzene rings is 1. The van der Waals surface area contributed by atoms with Crippen molar-refractivity contribution in [2.75, 3.05) is 38.2 Å². The molecular weight excluding hydrogens is 304 g/mol. The van der Waals surface area contributed by atoms with Crippen LogP contribution in [0.5, 0.6) is 5.88 Å². The van der Waals surface area contributed by atoms with Crippen molar-refractivity contribution in [1.82, 2.24) is 14.9 Å². The van der Waals surface area contributed by atoms with Crippen molar-refractivity contribution in [3.05, 3.63) is 47.4 Å². The first-order valence-corrected chi connectivity index (χ1v) is 8.06. The Balaban J connectivity index is 1.68. The highest BCUT2D eigenvalue weighted by atomic mass is 16.5. The maximum absolute atomic E-state index is 12.6. The van der Waals surface area contributed by atoms with Crippen LogP contribution in [0.3, 0.4) is 0 Å². The van der Waals surface area contributed by atoms with Crippen LogP contribution in [-0.2, 0) is 0 Å². The van der Waals surface area contributed by atoms with E-state index in [4.69, 9.17) is 4.74 Å². The number of aryl methyl sites for hydroxylation is 1. The number of amides is 1. The van der Waals surface area contributed by atoms with Crippen molar-refractivity contribution in [2.24, 2.45) is 0 Å². The molecule has 0 radical (unpaired) electrons. The first kappa shape index (κ1) is 16.2. The van der Waals surface area contributed by atoms with Gasteiger partial charge in [-0.25, -0.2) is 4.98 Å². The van der Waals surface area contributed by atoms with Crippen molar-refractivity contribution in [2.45, 2.75) is 13.8 Å². The van der Waals surface area contributed by atoms with E-state index in [9.17, 15) is 4.79 Å². The number of ether oxygens (including phenoxy) is 1. The van der Waals surface area contributed by atoms with Gasteiger partial charge in [0, 0.05) is 31.9 Å². The summed E-state index contributed by atoms with van der Waals surface area (Å²) >= 11 is 0. The van der Waals surface area contributed by atoms with E-state index in [2.05, 4.69) is 46.9 Å². The third kappa shape index (κ3) is 3.18. The Bertz CT molecular complexity index is 740. The fourth-order valence-corrected chi connectivity index (χ4v) is 2.94. The molecular formula is C18H22N4O2. The standard InChI is InChI=1S/C18H22N4O2/c1-13-5-4-6-16(14(13)2)21-7-9-22(10-8-21)18(23)15-11-19-12-17(20-15)24-3/h4-6,11-12H,7-10H2,1-3H3. The predicted molar refractivity (Wildman–Crippen MR) is 92.6 cm³/mol. The fraction of sp³-hybridized carbons (Fsp3) is 0.389. The Kier molecular flexibility index (Phi) is 4.64. The number of hydrogen-bond acceptors (Lipinski definition) is 5. The summed E-state index contributed by atoms with van der Waals surface area (Å²) in [6.45, 7) is 7.24. The van der Waals surface area contributed by atoms with Crippen LogP contribution in [0, 0.1) is 13.8 Å². The van der Waals surface area contributed by atoms with Crippen molar-refractivity contribution in [1.29, 1.82) is 0 Å². The third-order valence-corrected chi connectivity index (χ3v) is 4.52. The van der Waals surface area contributed by atoms with Gasteiger partial charge in [0.2, 0.25) is 5.88 Å². The third-order valence-electron chi connectivity index (χ3n) is 4.52. The lowest BCUT2D eigenvalue weighted by molar-refractivity contribution is 0.0739. The SMILES string of the molecule is COc1cncc(C(=O)N2CCN(c3cccc(C)c3C)CC2)n1. The van der Waals surface area contributed by atoms with Gasteiger partial charge in [-0.15, -0.1) is 0 Å². The van der Waals surface area contributed by atoms with Crippen LogP contribution in [0.4, 0.5) is 5.69 Å². The second-order valence-electron chi connectivity index (χ2n) is 5.94. The normalized spacial score (nSPS) is 14.6. The summed E-state index contributed by atoms with van der Waals surface area (Å²) < 4.78 is 5.04. The van der Waals surface area contributed by atoms with Gasteiger partial charge < -0.3 is 14.5 Å². The molecule has 0 saturated carbocycles. The molecule has 2 aromatic rings. The highest BCUT2D eigenvalue weighted by Crippen LogP contribution is 2.24.